The predicted molar refractivity (Wildman–Crippen MR) is 165 cm³/mol. The monoisotopic (exact) mass is 641 g/mol. The second kappa shape index (κ2) is 14.8. The van der Waals surface area contributed by atoms with Gasteiger partial charge in [0.25, 0.3) is 0 Å². The SMILES string of the molecule is CN(C)C(c1ccc(F)cc1)C1CCC(CNC(=O)COC2CCCCC2N(C)S(=O)(=O)c2ccc(Cl)c(Cl)c2)CC1. The van der Waals surface area contributed by atoms with Gasteiger partial charge in [0.05, 0.1) is 27.1 Å². The van der Waals surface area contributed by atoms with Gasteiger partial charge in [-0.2, -0.15) is 4.31 Å². The molecule has 2 aliphatic rings. The highest BCUT2D eigenvalue weighted by molar-refractivity contribution is 7.89. The maximum atomic E-state index is 13.5. The van der Waals surface area contributed by atoms with E-state index in [1.807, 2.05) is 12.1 Å². The minimum atomic E-state index is -3.82. The molecule has 2 saturated carbocycles. The van der Waals surface area contributed by atoms with Gasteiger partial charge < -0.3 is 15.0 Å². The minimum absolute atomic E-state index is 0.0748. The first-order valence-electron chi connectivity index (χ1n) is 14.7. The molecule has 0 aromatic heterocycles. The van der Waals surface area contributed by atoms with Crippen LogP contribution in [0.3, 0.4) is 0 Å². The van der Waals surface area contributed by atoms with Crippen LogP contribution in [0.5, 0.6) is 0 Å². The van der Waals surface area contributed by atoms with Crippen LogP contribution in [-0.2, 0) is 19.6 Å². The molecule has 0 heterocycles. The number of sulfonamides is 1. The van der Waals surface area contributed by atoms with Crippen molar-refractivity contribution in [3.8, 4) is 0 Å². The van der Waals surface area contributed by atoms with Crippen LogP contribution in [0.25, 0.3) is 0 Å². The number of benzene rings is 2. The molecule has 42 heavy (non-hydrogen) atoms. The number of hydrogen-bond donors (Lipinski definition) is 1. The highest BCUT2D eigenvalue weighted by Gasteiger charge is 2.36. The highest BCUT2D eigenvalue weighted by atomic mass is 35.5. The number of nitrogens with one attached hydrogen (secondary N) is 1. The van der Waals surface area contributed by atoms with E-state index in [-0.39, 0.29) is 46.4 Å². The molecule has 2 aromatic rings. The third-order valence-electron chi connectivity index (χ3n) is 8.82. The third kappa shape index (κ3) is 8.24. The Kier molecular flexibility index (Phi) is 11.7. The molecule has 0 spiro atoms. The third-order valence-corrected chi connectivity index (χ3v) is 11.4. The first-order chi connectivity index (χ1) is 20.0. The summed E-state index contributed by atoms with van der Waals surface area (Å²) in [5.74, 6) is 0.459. The predicted octanol–water partition coefficient (Wildman–Crippen LogP) is 6.31. The van der Waals surface area contributed by atoms with Crippen molar-refractivity contribution in [1.29, 1.82) is 0 Å². The van der Waals surface area contributed by atoms with Crippen LogP contribution in [0.15, 0.2) is 47.4 Å². The van der Waals surface area contributed by atoms with Crippen LogP contribution >= 0.6 is 23.2 Å². The van der Waals surface area contributed by atoms with Crippen molar-refractivity contribution >= 4 is 39.1 Å². The molecule has 1 N–H and O–H groups in total. The zero-order chi connectivity index (χ0) is 30.4. The molecule has 0 radical (unpaired) electrons. The number of ether oxygens (including phenoxy) is 1. The number of halogens is 3. The summed E-state index contributed by atoms with van der Waals surface area (Å²) < 4.78 is 47.5. The summed E-state index contributed by atoms with van der Waals surface area (Å²) in [5.41, 5.74) is 1.13. The van der Waals surface area contributed by atoms with E-state index in [1.165, 1.54) is 34.6 Å². The molecule has 11 heteroatoms. The van der Waals surface area contributed by atoms with Gasteiger partial charge in [-0.05, 0) is 100 Å². The lowest BCUT2D eigenvalue weighted by molar-refractivity contribution is -0.129. The number of carbonyl (C=O) groups is 1. The van der Waals surface area contributed by atoms with Crippen LogP contribution in [0.4, 0.5) is 4.39 Å². The normalized spacial score (nSPS) is 24.1. The fraction of sp³-hybridized carbons (Fsp3) is 0.581. The molecular weight excluding hydrogens is 600 g/mol. The molecule has 0 bridgehead atoms. The van der Waals surface area contributed by atoms with Gasteiger partial charge in [-0.3, -0.25) is 4.79 Å². The molecule has 1 amide bonds. The van der Waals surface area contributed by atoms with Gasteiger partial charge in [0, 0.05) is 19.6 Å². The molecule has 7 nitrogen and oxygen atoms in total. The smallest absolute Gasteiger partial charge is 0.246 e. The molecular formula is C31H42Cl2FN3O4S. The number of amides is 1. The second-order valence-corrected chi connectivity index (χ2v) is 14.7. The molecule has 2 aliphatic carbocycles. The van der Waals surface area contributed by atoms with Gasteiger partial charge in [-0.25, -0.2) is 12.8 Å². The highest BCUT2D eigenvalue weighted by Crippen LogP contribution is 2.39. The zero-order valence-electron chi connectivity index (χ0n) is 24.6. The van der Waals surface area contributed by atoms with Crippen molar-refractivity contribution in [2.45, 2.75) is 74.4 Å². The van der Waals surface area contributed by atoms with Gasteiger partial charge in [-0.15, -0.1) is 0 Å². The van der Waals surface area contributed by atoms with Crippen molar-refractivity contribution < 1.29 is 22.3 Å². The Balaban J connectivity index is 1.25. The number of carbonyl (C=O) groups excluding carboxylic acids is 1. The standard InChI is InChI=1S/C31H42Cl2FN3O4S/c1-36(2)31(23-12-14-24(34)15-13-23)22-10-8-21(9-11-22)19-35-30(38)20-41-29-7-5-4-6-28(29)37(3)42(39,40)25-16-17-26(32)27(33)18-25/h12-18,21-22,28-29,31H,4-11,19-20H2,1-3H3,(H,35,38). The summed E-state index contributed by atoms with van der Waals surface area (Å²) in [6.07, 6.45) is 6.87. The molecule has 3 unspecified atom stereocenters. The number of hydrogen-bond acceptors (Lipinski definition) is 5. The van der Waals surface area contributed by atoms with E-state index in [2.05, 4.69) is 24.3 Å². The second-order valence-electron chi connectivity index (χ2n) is 11.8. The van der Waals surface area contributed by atoms with E-state index in [4.69, 9.17) is 27.9 Å². The van der Waals surface area contributed by atoms with Gasteiger partial charge in [0.2, 0.25) is 15.9 Å². The van der Waals surface area contributed by atoms with Gasteiger partial charge in [0.15, 0.2) is 0 Å². The van der Waals surface area contributed by atoms with E-state index >= 15 is 0 Å². The van der Waals surface area contributed by atoms with E-state index in [1.54, 1.807) is 7.05 Å². The topological polar surface area (TPSA) is 79.0 Å². The molecule has 0 saturated heterocycles. The maximum absolute atomic E-state index is 13.5. The largest absolute Gasteiger partial charge is 0.367 e. The Morgan fingerprint density at radius 2 is 1.64 bits per heavy atom. The van der Waals surface area contributed by atoms with Crippen molar-refractivity contribution in [3.05, 3.63) is 63.9 Å². The van der Waals surface area contributed by atoms with Gasteiger partial charge >= 0.3 is 0 Å². The van der Waals surface area contributed by atoms with Crippen molar-refractivity contribution in [3.63, 3.8) is 0 Å². The van der Waals surface area contributed by atoms with Gasteiger partial charge in [0.1, 0.15) is 12.4 Å². The van der Waals surface area contributed by atoms with Crippen LogP contribution < -0.4 is 5.32 Å². The van der Waals surface area contributed by atoms with E-state index in [0.717, 1.165) is 44.1 Å². The summed E-state index contributed by atoms with van der Waals surface area (Å²) in [4.78, 5) is 15.0. The quantitative estimate of drug-likeness (QED) is 0.311. The first kappa shape index (κ1) is 33.1. The summed E-state index contributed by atoms with van der Waals surface area (Å²) in [7, 11) is 1.87. The van der Waals surface area contributed by atoms with Crippen LogP contribution in [0.2, 0.25) is 10.0 Å². The van der Waals surface area contributed by atoms with Crippen LogP contribution in [0.1, 0.15) is 63.0 Å². The van der Waals surface area contributed by atoms with E-state index < -0.39 is 10.0 Å². The fourth-order valence-corrected chi connectivity index (χ4v) is 8.32. The summed E-state index contributed by atoms with van der Waals surface area (Å²) in [6, 6.07) is 10.9. The summed E-state index contributed by atoms with van der Waals surface area (Å²) >= 11 is 12.1. The first-order valence-corrected chi connectivity index (χ1v) is 16.9. The molecule has 232 valence electrons. The molecule has 3 atom stereocenters. The number of rotatable bonds is 11. The van der Waals surface area contributed by atoms with Crippen LogP contribution in [0, 0.1) is 17.7 Å². The van der Waals surface area contributed by atoms with Crippen molar-refractivity contribution in [1.82, 2.24) is 14.5 Å². The van der Waals surface area contributed by atoms with E-state index in [0.29, 0.717) is 36.2 Å². The summed E-state index contributed by atoms with van der Waals surface area (Å²) in [5, 5.41) is 3.50. The fourth-order valence-electron chi connectivity index (χ4n) is 6.52. The summed E-state index contributed by atoms with van der Waals surface area (Å²) in [6.45, 7) is 0.488. The molecule has 2 fully saturated rings. The minimum Gasteiger partial charge on any atom is -0.367 e. The van der Waals surface area contributed by atoms with Crippen LogP contribution in [-0.4, -0.2) is 70.0 Å². The van der Waals surface area contributed by atoms with Gasteiger partial charge in [-0.1, -0.05) is 48.2 Å². The number of likely N-dealkylation sites (N-methyl/N-ethyl adjacent to an activating group) is 1. The Morgan fingerprint density at radius 1 is 0.976 bits per heavy atom. The zero-order valence-corrected chi connectivity index (χ0v) is 26.9. The molecule has 2 aromatic carbocycles. The Bertz CT molecular complexity index is 1300. The maximum Gasteiger partial charge on any atom is 0.246 e. The molecule has 4 rings (SSSR count). The molecule has 0 aliphatic heterocycles. The number of nitrogens with zero attached hydrogens (tertiary/aromatic N) is 2. The van der Waals surface area contributed by atoms with Crippen molar-refractivity contribution in [2.75, 3.05) is 34.3 Å². The van der Waals surface area contributed by atoms with Crippen molar-refractivity contribution in [2.24, 2.45) is 11.8 Å². The lowest BCUT2D eigenvalue weighted by Gasteiger charge is -2.38. The Morgan fingerprint density at radius 3 is 2.29 bits per heavy atom. The lowest BCUT2D eigenvalue weighted by Crippen LogP contribution is -2.48. The Labute approximate surface area is 259 Å². The average Bonchev–Trinajstić information content (AvgIpc) is 2.97. The average molecular weight is 643 g/mol. The Hall–Kier alpha value is -1.75. The lowest BCUT2D eigenvalue weighted by atomic mass is 9.76. The van der Waals surface area contributed by atoms with E-state index in [9.17, 15) is 17.6 Å².